The van der Waals surface area contributed by atoms with Crippen LogP contribution in [0.4, 0.5) is 0 Å². The van der Waals surface area contributed by atoms with Gasteiger partial charge in [-0.25, -0.2) is 0 Å². The first-order valence-corrected chi connectivity index (χ1v) is 4.48. The number of hydrogen-bond donors (Lipinski definition) is 1. The van der Waals surface area contributed by atoms with Gasteiger partial charge in [-0.2, -0.15) is 0 Å². The van der Waals surface area contributed by atoms with Crippen molar-refractivity contribution in [3.8, 4) is 0 Å². The number of carbonyl (C=O) groups is 1. The molecule has 2 nitrogen and oxygen atoms in total. The minimum absolute atomic E-state index is 0.112. The molecule has 3 atom stereocenters. The second-order valence-electron chi connectivity index (χ2n) is 3.84. The molecule has 0 aromatic rings. The minimum atomic E-state index is -0.112. The number of rotatable bonds is 0. The highest BCUT2D eigenvalue weighted by Crippen LogP contribution is 2.37. The molecule has 0 aliphatic heterocycles. The van der Waals surface area contributed by atoms with Crippen LogP contribution in [0.3, 0.4) is 0 Å². The van der Waals surface area contributed by atoms with Crippen molar-refractivity contribution < 1.29 is 9.90 Å². The zero-order valence-corrected chi connectivity index (χ0v) is 6.62. The molecule has 0 heterocycles. The van der Waals surface area contributed by atoms with Crippen LogP contribution in [0.5, 0.6) is 0 Å². The van der Waals surface area contributed by atoms with Gasteiger partial charge in [-0.3, -0.25) is 4.79 Å². The minimum Gasteiger partial charge on any atom is -0.393 e. The van der Waals surface area contributed by atoms with Gasteiger partial charge < -0.3 is 5.11 Å². The van der Waals surface area contributed by atoms with Crippen molar-refractivity contribution in [2.24, 2.45) is 11.8 Å². The normalized spacial score (nSPS) is 44.1. The molecule has 0 saturated heterocycles. The molecule has 2 saturated carbocycles. The second kappa shape index (κ2) is 2.59. The second-order valence-corrected chi connectivity index (χ2v) is 3.84. The van der Waals surface area contributed by atoms with Gasteiger partial charge in [-0.15, -0.1) is 0 Å². The van der Waals surface area contributed by atoms with Gasteiger partial charge in [-0.1, -0.05) is 0 Å². The monoisotopic (exact) mass is 154 g/mol. The van der Waals surface area contributed by atoms with E-state index in [9.17, 15) is 9.90 Å². The molecule has 2 aliphatic rings. The van der Waals surface area contributed by atoms with Crippen LogP contribution in [-0.2, 0) is 4.79 Å². The van der Waals surface area contributed by atoms with E-state index in [-0.39, 0.29) is 6.10 Å². The van der Waals surface area contributed by atoms with Gasteiger partial charge in [0.2, 0.25) is 0 Å². The molecule has 0 spiro atoms. The van der Waals surface area contributed by atoms with E-state index in [0.29, 0.717) is 24.0 Å². The maximum Gasteiger partial charge on any atom is 0.136 e. The fraction of sp³-hybridized carbons (Fsp3) is 0.889. The molecule has 0 amide bonds. The molecule has 0 unspecified atom stereocenters. The Balaban J connectivity index is 2.08. The lowest BCUT2D eigenvalue weighted by Crippen LogP contribution is -2.36. The van der Waals surface area contributed by atoms with Gasteiger partial charge in [0.1, 0.15) is 5.78 Å². The third-order valence-corrected chi connectivity index (χ3v) is 3.16. The maximum atomic E-state index is 11.2. The summed E-state index contributed by atoms with van der Waals surface area (Å²) in [5.74, 6) is 1.18. The van der Waals surface area contributed by atoms with E-state index in [4.69, 9.17) is 0 Å². The predicted molar refractivity (Wildman–Crippen MR) is 41.1 cm³/mol. The molecule has 2 rings (SSSR count). The number of aliphatic hydroxyl groups excluding tert-OH is 1. The molecule has 2 aliphatic carbocycles. The van der Waals surface area contributed by atoms with Gasteiger partial charge >= 0.3 is 0 Å². The Morgan fingerprint density at radius 3 is 2.91 bits per heavy atom. The van der Waals surface area contributed by atoms with E-state index in [1.165, 1.54) is 0 Å². The number of fused-ring (bicyclic) bond motifs is 2. The summed E-state index contributed by atoms with van der Waals surface area (Å²) in [6.07, 6.45) is 4.26. The van der Waals surface area contributed by atoms with Gasteiger partial charge in [0.15, 0.2) is 0 Å². The van der Waals surface area contributed by atoms with Gasteiger partial charge in [-0.05, 0) is 31.6 Å². The van der Waals surface area contributed by atoms with Crippen molar-refractivity contribution in [2.75, 3.05) is 0 Å². The Kier molecular flexibility index (Phi) is 1.72. The van der Waals surface area contributed by atoms with E-state index in [1.54, 1.807) is 0 Å². The Morgan fingerprint density at radius 1 is 1.27 bits per heavy atom. The highest BCUT2D eigenvalue weighted by Gasteiger charge is 2.36. The lowest BCUT2D eigenvalue weighted by molar-refractivity contribution is -0.129. The van der Waals surface area contributed by atoms with Crippen LogP contribution in [-0.4, -0.2) is 17.0 Å². The Hall–Kier alpha value is -0.370. The van der Waals surface area contributed by atoms with Crippen LogP contribution < -0.4 is 0 Å². The predicted octanol–water partition coefficient (Wildman–Crippen LogP) is 1.13. The summed E-state index contributed by atoms with van der Waals surface area (Å²) in [6.45, 7) is 0. The van der Waals surface area contributed by atoms with Crippen LogP contribution in [0.25, 0.3) is 0 Å². The number of aliphatic hydroxyl groups is 1. The van der Waals surface area contributed by atoms with Crippen molar-refractivity contribution in [1.82, 2.24) is 0 Å². The number of ketones is 1. The number of Topliss-reactive ketones (excluding diaryl/α,β-unsaturated/α-hetero) is 1. The van der Waals surface area contributed by atoms with E-state index in [2.05, 4.69) is 0 Å². The fourth-order valence-corrected chi connectivity index (χ4v) is 2.38. The van der Waals surface area contributed by atoms with Crippen molar-refractivity contribution in [3.63, 3.8) is 0 Å². The van der Waals surface area contributed by atoms with Crippen molar-refractivity contribution >= 4 is 5.78 Å². The van der Waals surface area contributed by atoms with Crippen molar-refractivity contribution in [2.45, 2.75) is 38.2 Å². The van der Waals surface area contributed by atoms with Crippen molar-refractivity contribution in [3.05, 3.63) is 0 Å². The first-order chi connectivity index (χ1) is 5.27. The summed E-state index contributed by atoms with van der Waals surface area (Å²) < 4.78 is 0. The quantitative estimate of drug-likeness (QED) is 0.568. The Bertz CT molecular complexity index is 176. The summed E-state index contributed by atoms with van der Waals surface area (Å²) in [4.78, 5) is 11.2. The largest absolute Gasteiger partial charge is 0.393 e. The van der Waals surface area contributed by atoms with E-state index in [1.807, 2.05) is 0 Å². The lowest BCUT2D eigenvalue weighted by Gasteiger charge is -2.36. The third kappa shape index (κ3) is 1.20. The number of hydrogen-bond acceptors (Lipinski definition) is 2. The van der Waals surface area contributed by atoms with E-state index in [0.717, 1.165) is 25.7 Å². The van der Waals surface area contributed by atoms with Crippen LogP contribution in [0.2, 0.25) is 0 Å². The SMILES string of the molecule is O=C1CC[C@H]2C[C@@H]1CC[C@H]2O. The fourth-order valence-electron chi connectivity index (χ4n) is 2.38. The molecule has 0 radical (unpaired) electrons. The third-order valence-electron chi connectivity index (χ3n) is 3.16. The molecule has 62 valence electrons. The van der Waals surface area contributed by atoms with Gasteiger partial charge in [0, 0.05) is 12.3 Å². The molecule has 2 fully saturated rings. The van der Waals surface area contributed by atoms with E-state index < -0.39 is 0 Å². The zero-order valence-electron chi connectivity index (χ0n) is 6.62. The van der Waals surface area contributed by atoms with Crippen LogP contribution in [0, 0.1) is 11.8 Å². The number of carbonyl (C=O) groups excluding carboxylic acids is 1. The highest BCUT2D eigenvalue weighted by molar-refractivity contribution is 5.81. The van der Waals surface area contributed by atoms with Crippen LogP contribution in [0.1, 0.15) is 32.1 Å². The molecule has 2 bridgehead atoms. The Morgan fingerprint density at radius 2 is 2.09 bits per heavy atom. The molecule has 0 aromatic carbocycles. The summed E-state index contributed by atoms with van der Waals surface area (Å²) in [6, 6.07) is 0. The molecule has 11 heavy (non-hydrogen) atoms. The zero-order chi connectivity index (χ0) is 7.84. The highest BCUT2D eigenvalue weighted by atomic mass is 16.3. The Labute approximate surface area is 66.6 Å². The molecule has 0 aromatic heterocycles. The summed E-state index contributed by atoms with van der Waals surface area (Å²) in [7, 11) is 0. The average molecular weight is 154 g/mol. The summed E-state index contributed by atoms with van der Waals surface area (Å²) >= 11 is 0. The van der Waals surface area contributed by atoms with Crippen molar-refractivity contribution in [1.29, 1.82) is 0 Å². The average Bonchev–Trinajstić information content (AvgIpc) is 2.02. The van der Waals surface area contributed by atoms with Crippen LogP contribution in [0.15, 0.2) is 0 Å². The first-order valence-electron chi connectivity index (χ1n) is 4.48. The lowest BCUT2D eigenvalue weighted by atomic mass is 9.70. The summed E-state index contributed by atoms with van der Waals surface area (Å²) in [5, 5.41) is 9.50. The molecule has 2 heteroatoms. The van der Waals surface area contributed by atoms with Crippen LogP contribution >= 0.6 is 0 Å². The van der Waals surface area contributed by atoms with E-state index >= 15 is 0 Å². The first kappa shape index (κ1) is 7.29. The topological polar surface area (TPSA) is 37.3 Å². The van der Waals surface area contributed by atoms with Gasteiger partial charge in [0.25, 0.3) is 0 Å². The molecular formula is C9H14O2. The smallest absolute Gasteiger partial charge is 0.136 e. The standard InChI is InChI=1S/C9H14O2/c10-8-3-1-6-5-7(8)2-4-9(6)11/h6-8,10H,1-5H2/t6-,7-,8+/m0/s1. The molecule has 1 N–H and O–H groups in total. The van der Waals surface area contributed by atoms with Gasteiger partial charge in [0.05, 0.1) is 6.10 Å². The maximum absolute atomic E-state index is 11.2. The summed E-state index contributed by atoms with van der Waals surface area (Å²) in [5.41, 5.74) is 0. The molecular weight excluding hydrogens is 140 g/mol.